The Bertz CT molecular complexity index is 597. The van der Waals surface area contributed by atoms with Crippen molar-refractivity contribution >= 4 is 17.2 Å². The van der Waals surface area contributed by atoms with Gasteiger partial charge in [0, 0.05) is 24.5 Å². The number of likely N-dealkylation sites (tertiary alicyclic amines) is 1. The maximum absolute atomic E-state index is 11.9. The van der Waals surface area contributed by atoms with Crippen LogP contribution in [0, 0.1) is 5.92 Å². The van der Waals surface area contributed by atoms with Crippen LogP contribution in [0.1, 0.15) is 16.9 Å². The molecule has 0 saturated carbocycles. The molecule has 1 fully saturated rings. The lowest BCUT2D eigenvalue weighted by Crippen LogP contribution is -2.32. The summed E-state index contributed by atoms with van der Waals surface area (Å²) in [6, 6.07) is 14.7. The first kappa shape index (κ1) is 16.2. The van der Waals surface area contributed by atoms with Gasteiger partial charge in [-0.05, 0) is 42.3 Å². The van der Waals surface area contributed by atoms with Crippen molar-refractivity contribution in [1.29, 1.82) is 0 Å². The quantitative estimate of drug-likeness (QED) is 0.847. The molecule has 0 radical (unpaired) electrons. The minimum absolute atomic E-state index is 0.148. The zero-order valence-corrected chi connectivity index (χ0v) is 14.2. The van der Waals surface area contributed by atoms with E-state index in [1.807, 2.05) is 17.5 Å². The third-order valence-corrected chi connectivity index (χ3v) is 5.31. The fraction of sp³-hybridized carbons (Fsp3) is 0.421. The molecule has 1 unspecified atom stereocenters. The van der Waals surface area contributed by atoms with Gasteiger partial charge in [-0.25, -0.2) is 0 Å². The fourth-order valence-corrected chi connectivity index (χ4v) is 3.81. The molecular weight excluding hydrogens is 304 g/mol. The van der Waals surface area contributed by atoms with Crippen LogP contribution in [0.25, 0.3) is 0 Å². The van der Waals surface area contributed by atoms with E-state index in [4.69, 9.17) is 0 Å². The first-order chi connectivity index (χ1) is 11.3. The van der Waals surface area contributed by atoms with Gasteiger partial charge in [-0.3, -0.25) is 4.79 Å². The monoisotopic (exact) mass is 328 g/mol. The Morgan fingerprint density at radius 3 is 2.87 bits per heavy atom. The molecule has 1 atom stereocenters. The molecule has 1 saturated heterocycles. The number of carbonyl (C=O) groups is 1. The summed E-state index contributed by atoms with van der Waals surface area (Å²) in [4.78, 5) is 15.6. The average molecular weight is 328 g/mol. The van der Waals surface area contributed by atoms with Crippen LogP contribution in [0.15, 0.2) is 47.8 Å². The summed E-state index contributed by atoms with van der Waals surface area (Å²) >= 11 is 1.65. The summed E-state index contributed by atoms with van der Waals surface area (Å²) in [7, 11) is 0. The second-order valence-corrected chi connectivity index (χ2v) is 7.28. The van der Waals surface area contributed by atoms with Crippen molar-refractivity contribution in [1.82, 2.24) is 10.2 Å². The molecule has 2 aromatic rings. The summed E-state index contributed by atoms with van der Waals surface area (Å²) in [5.74, 6) is 0.744. The number of thiophene rings is 1. The first-order valence-corrected chi connectivity index (χ1v) is 9.23. The molecule has 1 N–H and O–H groups in total. The van der Waals surface area contributed by atoms with Crippen LogP contribution in [0.2, 0.25) is 0 Å². The number of carbonyl (C=O) groups excluding carboxylic acids is 1. The van der Waals surface area contributed by atoms with Gasteiger partial charge in [-0.2, -0.15) is 0 Å². The van der Waals surface area contributed by atoms with Crippen molar-refractivity contribution in [3.05, 3.63) is 58.3 Å². The lowest BCUT2D eigenvalue weighted by Gasteiger charge is -2.16. The Hall–Kier alpha value is -1.65. The summed E-state index contributed by atoms with van der Waals surface area (Å²) in [5, 5.41) is 5.12. The van der Waals surface area contributed by atoms with Gasteiger partial charge in [0.15, 0.2) is 0 Å². The van der Waals surface area contributed by atoms with E-state index in [1.54, 1.807) is 11.3 Å². The van der Waals surface area contributed by atoms with E-state index in [1.165, 1.54) is 12.0 Å². The fourth-order valence-electron chi connectivity index (χ4n) is 3.11. The Labute approximate surface area is 142 Å². The Morgan fingerprint density at radius 1 is 1.22 bits per heavy atom. The molecule has 1 amide bonds. The normalized spacial score (nSPS) is 18.2. The number of hydrogen-bond acceptors (Lipinski definition) is 3. The van der Waals surface area contributed by atoms with E-state index in [2.05, 4.69) is 40.5 Å². The zero-order valence-electron chi connectivity index (χ0n) is 13.4. The van der Waals surface area contributed by atoms with Crippen molar-refractivity contribution < 1.29 is 4.79 Å². The van der Waals surface area contributed by atoms with Gasteiger partial charge in [0.25, 0.3) is 0 Å². The average Bonchev–Trinajstić information content (AvgIpc) is 3.24. The molecule has 0 bridgehead atoms. The molecule has 1 aromatic carbocycles. The number of rotatable bonds is 7. The molecule has 2 heterocycles. The molecule has 0 spiro atoms. The second-order valence-electron chi connectivity index (χ2n) is 6.25. The largest absolute Gasteiger partial charge is 0.355 e. The van der Waals surface area contributed by atoms with Gasteiger partial charge >= 0.3 is 0 Å². The molecule has 1 aliphatic heterocycles. The molecule has 3 rings (SSSR count). The van der Waals surface area contributed by atoms with Gasteiger partial charge < -0.3 is 10.2 Å². The minimum atomic E-state index is 0.148. The third kappa shape index (κ3) is 5.19. The number of nitrogens with one attached hydrogen (secondary N) is 1. The molecule has 4 heteroatoms. The molecule has 1 aromatic heterocycles. The maximum atomic E-state index is 11.9. The van der Waals surface area contributed by atoms with Gasteiger partial charge in [-0.15, -0.1) is 11.3 Å². The van der Waals surface area contributed by atoms with E-state index < -0.39 is 0 Å². The maximum Gasteiger partial charge on any atom is 0.225 e. The van der Waals surface area contributed by atoms with Crippen LogP contribution in [0.3, 0.4) is 0 Å². The Balaban J connectivity index is 1.34. The highest BCUT2D eigenvalue weighted by molar-refractivity contribution is 7.10. The second kappa shape index (κ2) is 8.27. The van der Waals surface area contributed by atoms with Crippen LogP contribution < -0.4 is 5.32 Å². The van der Waals surface area contributed by atoms with E-state index in [0.29, 0.717) is 12.3 Å². The molecular formula is C19H24N2OS. The van der Waals surface area contributed by atoms with Crippen LogP contribution in [-0.4, -0.2) is 37.0 Å². The van der Waals surface area contributed by atoms with Crippen LogP contribution in [0.5, 0.6) is 0 Å². The van der Waals surface area contributed by atoms with Gasteiger partial charge in [0.2, 0.25) is 5.91 Å². The van der Waals surface area contributed by atoms with E-state index >= 15 is 0 Å². The smallest absolute Gasteiger partial charge is 0.225 e. The topological polar surface area (TPSA) is 32.3 Å². The van der Waals surface area contributed by atoms with Crippen molar-refractivity contribution in [3.8, 4) is 0 Å². The molecule has 23 heavy (non-hydrogen) atoms. The Kier molecular flexibility index (Phi) is 5.83. The van der Waals surface area contributed by atoms with Crippen LogP contribution in [-0.2, 0) is 17.6 Å². The number of hydrogen-bond donors (Lipinski definition) is 1. The molecule has 1 aliphatic rings. The number of benzene rings is 1. The summed E-state index contributed by atoms with van der Waals surface area (Å²) < 4.78 is 0. The van der Waals surface area contributed by atoms with Gasteiger partial charge in [0.1, 0.15) is 0 Å². The van der Waals surface area contributed by atoms with E-state index in [-0.39, 0.29) is 5.91 Å². The summed E-state index contributed by atoms with van der Waals surface area (Å²) in [6.45, 7) is 4.18. The highest BCUT2D eigenvalue weighted by Gasteiger charge is 2.22. The lowest BCUT2D eigenvalue weighted by atomic mass is 10.1. The van der Waals surface area contributed by atoms with Crippen molar-refractivity contribution in [2.45, 2.75) is 19.3 Å². The zero-order chi connectivity index (χ0) is 15.9. The first-order valence-electron chi connectivity index (χ1n) is 8.35. The van der Waals surface area contributed by atoms with Crippen LogP contribution in [0.4, 0.5) is 0 Å². The van der Waals surface area contributed by atoms with Crippen molar-refractivity contribution in [2.75, 3.05) is 26.2 Å². The SMILES string of the molecule is O=C(Cc1cccs1)NCC1CCN(CCc2ccccc2)C1. The third-order valence-electron chi connectivity index (χ3n) is 4.43. The summed E-state index contributed by atoms with van der Waals surface area (Å²) in [6.07, 6.45) is 2.81. The van der Waals surface area contributed by atoms with Crippen LogP contribution >= 0.6 is 11.3 Å². The molecule has 3 nitrogen and oxygen atoms in total. The highest BCUT2D eigenvalue weighted by atomic mass is 32.1. The van der Waals surface area contributed by atoms with Gasteiger partial charge in [0.05, 0.1) is 6.42 Å². The molecule has 122 valence electrons. The van der Waals surface area contributed by atoms with E-state index in [9.17, 15) is 4.79 Å². The standard InChI is InChI=1S/C19H24N2OS/c22-19(13-18-7-4-12-23-18)20-14-17-9-11-21(15-17)10-8-16-5-2-1-3-6-16/h1-7,12,17H,8-11,13-15H2,(H,20,22). The van der Waals surface area contributed by atoms with Crippen molar-refractivity contribution in [2.24, 2.45) is 5.92 Å². The number of nitrogens with zero attached hydrogens (tertiary/aromatic N) is 1. The lowest BCUT2D eigenvalue weighted by molar-refractivity contribution is -0.120. The number of amides is 1. The predicted octanol–water partition coefficient (Wildman–Crippen LogP) is 2.97. The Morgan fingerprint density at radius 2 is 2.09 bits per heavy atom. The molecule has 0 aliphatic carbocycles. The summed E-state index contributed by atoms with van der Waals surface area (Å²) in [5.41, 5.74) is 1.40. The predicted molar refractivity (Wildman–Crippen MR) is 95.7 cm³/mol. The van der Waals surface area contributed by atoms with Crippen molar-refractivity contribution in [3.63, 3.8) is 0 Å². The minimum Gasteiger partial charge on any atom is -0.355 e. The van der Waals surface area contributed by atoms with E-state index in [0.717, 1.165) is 37.5 Å². The van der Waals surface area contributed by atoms with Gasteiger partial charge in [-0.1, -0.05) is 36.4 Å². The highest BCUT2D eigenvalue weighted by Crippen LogP contribution is 2.16.